The topological polar surface area (TPSA) is 22.1 Å². The van der Waals surface area contributed by atoms with Gasteiger partial charge in [-0.1, -0.05) is 30.0 Å². The van der Waals surface area contributed by atoms with E-state index in [0.717, 1.165) is 15.7 Å². The van der Waals surface area contributed by atoms with Gasteiger partial charge in [-0.25, -0.2) is 4.98 Å². The van der Waals surface area contributed by atoms with Crippen LogP contribution < -0.4 is 4.74 Å². The molecule has 0 aliphatic rings. The molecule has 2 aromatic rings. The molecular formula is C12H11NOS. The molecule has 76 valence electrons. The molecule has 0 amide bonds. The summed E-state index contributed by atoms with van der Waals surface area (Å²) in [5.41, 5.74) is 0. The van der Waals surface area contributed by atoms with E-state index in [9.17, 15) is 0 Å². The number of rotatable bonds is 3. The maximum atomic E-state index is 5.27. The van der Waals surface area contributed by atoms with Gasteiger partial charge in [0.15, 0.2) is 0 Å². The first kappa shape index (κ1) is 10.1. The van der Waals surface area contributed by atoms with Gasteiger partial charge >= 0.3 is 0 Å². The molecule has 0 spiro atoms. The van der Waals surface area contributed by atoms with E-state index in [2.05, 4.69) is 4.98 Å². The zero-order valence-corrected chi connectivity index (χ0v) is 9.20. The Labute approximate surface area is 93.3 Å². The Morgan fingerprint density at radius 3 is 2.60 bits per heavy atom. The van der Waals surface area contributed by atoms with Gasteiger partial charge in [0.2, 0.25) is 0 Å². The third-order valence-electron chi connectivity index (χ3n) is 1.92. The lowest BCUT2D eigenvalue weighted by Crippen LogP contribution is -1.85. The van der Waals surface area contributed by atoms with E-state index in [4.69, 9.17) is 4.74 Å². The van der Waals surface area contributed by atoms with Crippen molar-refractivity contribution in [2.45, 2.75) is 9.92 Å². The smallest absolute Gasteiger partial charge is 0.132 e. The van der Waals surface area contributed by atoms with E-state index in [-0.39, 0.29) is 0 Å². The monoisotopic (exact) mass is 217 g/mol. The van der Waals surface area contributed by atoms with Crippen LogP contribution in [0.4, 0.5) is 0 Å². The number of methoxy groups -OCH3 is 1. The van der Waals surface area contributed by atoms with E-state index in [1.807, 2.05) is 42.5 Å². The second-order valence-electron chi connectivity index (χ2n) is 2.92. The third-order valence-corrected chi connectivity index (χ3v) is 2.93. The predicted molar refractivity (Wildman–Crippen MR) is 61.4 cm³/mol. The van der Waals surface area contributed by atoms with Crippen molar-refractivity contribution >= 4 is 11.8 Å². The van der Waals surface area contributed by atoms with E-state index >= 15 is 0 Å². The van der Waals surface area contributed by atoms with E-state index < -0.39 is 0 Å². The Bertz CT molecular complexity index is 431. The normalized spacial score (nSPS) is 9.93. The van der Waals surface area contributed by atoms with Gasteiger partial charge in [0, 0.05) is 6.20 Å². The molecule has 1 aromatic heterocycles. The number of nitrogens with zero attached hydrogens (tertiary/aromatic N) is 1. The molecular weight excluding hydrogens is 206 g/mol. The van der Waals surface area contributed by atoms with Gasteiger partial charge in [0.25, 0.3) is 0 Å². The number of hydrogen-bond donors (Lipinski definition) is 0. The van der Waals surface area contributed by atoms with Crippen molar-refractivity contribution in [1.29, 1.82) is 0 Å². The number of ether oxygens (including phenoxy) is 1. The molecule has 0 radical (unpaired) electrons. The molecule has 0 bridgehead atoms. The van der Waals surface area contributed by atoms with Crippen LogP contribution in [0.2, 0.25) is 0 Å². The highest BCUT2D eigenvalue weighted by atomic mass is 32.2. The highest BCUT2D eigenvalue weighted by Crippen LogP contribution is 2.33. The summed E-state index contributed by atoms with van der Waals surface area (Å²) in [6, 6.07) is 13.8. The molecule has 2 nitrogen and oxygen atoms in total. The van der Waals surface area contributed by atoms with Gasteiger partial charge in [-0.2, -0.15) is 0 Å². The Balaban J connectivity index is 2.24. The van der Waals surface area contributed by atoms with Gasteiger partial charge in [0.1, 0.15) is 10.8 Å². The molecule has 15 heavy (non-hydrogen) atoms. The Morgan fingerprint density at radius 1 is 1.07 bits per heavy atom. The van der Waals surface area contributed by atoms with Crippen LogP contribution in [-0.2, 0) is 0 Å². The van der Waals surface area contributed by atoms with E-state index in [1.54, 1.807) is 25.1 Å². The van der Waals surface area contributed by atoms with Crippen LogP contribution in [-0.4, -0.2) is 12.1 Å². The molecule has 1 heterocycles. The van der Waals surface area contributed by atoms with Crippen molar-refractivity contribution in [3.8, 4) is 5.75 Å². The number of benzene rings is 1. The highest BCUT2D eigenvalue weighted by Gasteiger charge is 2.03. The van der Waals surface area contributed by atoms with Crippen LogP contribution in [0.25, 0.3) is 0 Å². The van der Waals surface area contributed by atoms with Crippen molar-refractivity contribution in [2.75, 3.05) is 7.11 Å². The lowest BCUT2D eigenvalue weighted by atomic mass is 10.3. The molecule has 0 atom stereocenters. The minimum absolute atomic E-state index is 0.883. The molecule has 0 aliphatic carbocycles. The lowest BCUT2D eigenvalue weighted by Gasteiger charge is -2.06. The van der Waals surface area contributed by atoms with Crippen LogP contribution in [0.3, 0.4) is 0 Å². The fourth-order valence-electron chi connectivity index (χ4n) is 1.22. The largest absolute Gasteiger partial charge is 0.496 e. The molecule has 0 fully saturated rings. The maximum Gasteiger partial charge on any atom is 0.132 e. The van der Waals surface area contributed by atoms with Gasteiger partial charge in [-0.15, -0.1) is 0 Å². The second kappa shape index (κ2) is 4.84. The first-order valence-electron chi connectivity index (χ1n) is 4.62. The lowest BCUT2D eigenvalue weighted by molar-refractivity contribution is 0.405. The SMILES string of the molecule is COc1ccccc1Sc1ccccn1. The highest BCUT2D eigenvalue weighted by molar-refractivity contribution is 7.99. The molecule has 0 unspecified atom stereocenters. The first-order chi connectivity index (χ1) is 7.40. The predicted octanol–water partition coefficient (Wildman–Crippen LogP) is 3.24. The zero-order chi connectivity index (χ0) is 10.5. The summed E-state index contributed by atoms with van der Waals surface area (Å²) in [5, 5.41) is 0.974. The van der Waals surface area contributed by atoms with Gasteiger partial charge in [-0.05, 0) is 24.3 Å². The third kappa shape index (κ3) is 2.50. The minimum atomic E-state index is 0.883. The van der Waals surface area contributed by atoms with Crippen LogP contribution in [0.1, 0.15) is 0 Å². The summed E-state index contributed by atoms with van der Waals surface area (Å²) >= 11 is 1.60. The van der Waals surface area contributed by atoms with Crippen LogP contribution >= 0.6 is 11.8 Å². The summed E-state index contributed by atoms with van der Waals surface area (Å²) in [6.45, 7) is 0. The number of para-hydroxylation sites is 1. The van der Waals surface area contributed by atoms with Crippen LogP contribution in [0, 0.1) is 0 Å². The number of pyridine rings is 1. The zero-order valence-electron chi connectivity index (χ0n) is 8.38. The number of hydrogen-bond acceptors (Lipinski definition) is 3. The van der Waals surface area contributed by atoms with E-state index in [0.29, 0.717) is 0 Å². The van der Waals surface area contributed by atoms with Gasteiger partial charge < -0.3 is 4.74 Å². The van der Waals surface area contributed by atoms with Crippen molar-refractivity contribution in [1.82, 2.24) is 4.98 Å². The average Bonchev–Trinajstić information content (AvgIpc) is 2.31. The summed E-state index contributed by atoms with van der Waals surface area (Å²) in [4.78, 5) is 5.34. The van der Waals surface area contributed by atoms with Gasteiger partial charge in [-0.3, -0.25) is 0 Å². The molecule has 1 aromatic carbocycles. The fraction of sp³-hybridized carbons (Fsp3) is 0.0833. The molecule has 0 saturated heterocycles. The maximum absolute atomic E-state index is 5.27. The minimum Gasteiger partial charge on any atom is -0.496 e. The molecule has 3 heteroatoms. The standard InChI is InChI=1S/C12H11NOS/c1-14-10-6-2-3-7-11(10)15-12-8-4-5-9-13-12/h2-9H,1H3. The summed E-state index contributed by atoms with van der Waals surface area (Å²) in [5.74, 6) is 0.883. The van der Waals surface area contributed by atoms with Crippen LogP contribution in [0.15, 0.2) is 58.6 Å². The molecule has 0 saturated carbocycles. The Morgan fingerprint density at radius 2 is 1.87 bits per heavy atom. The Hall–Kier alpha value is -1.48. The van der Waals surface area contributed by atoms with Crippen LogP contribution in [0.5, 0.6) is 5.75 Å². The summed E-state index contributed by atoms with van der Waals surface area (Å²) in [7, 11) is 1.68. The van der Waals surface area contributed by atoms with Gasteiger partial charge in [0.05, 0.1) is 12.0 Å². The molecule has 0 N–H and O–H groups in total. The number of aromatic nitrogens is 1. The summed E-state index contributed by atoms with van der Waals surface area (Å²) < 4.78 is 5.27. The Kier molecular flexibility index (Phi) is 3.25. The fourth-order valence-corrected chi connectivity index (χ4v) is 2.11. The first-order valence-corrected chi connectivity index (χ1v) is 5.43. The van der Waals surface area contributed by atoms with Crippen molar-refractivity contribution in [2.24, 2.45) is 0 Å². The van der Waals surface area contributed by atoms with Crippen molar-refractivity contribution in [3.05, 3.63) is 48.7 Å². The van der Waals surface area contributed by atoms with Crippen molar-refractivity contribution in [3.63, 3.8) is 0 Å². The van der Waals surface area contributed by atoms with Crippen molar-refractivity contribution < 1.29 is 4.74 Å². The quantitative estimate of drug-likeness (QED) is 0.788. The molecule has 0 aliphatic heterocycles. The van der Waals surface area contributed by atoms with E-state index in [1.165, 1.54) is 0 Å². The average molecular weight is 217 g/mol. The summed E-state index contributed by atoms with van der Waals surface area (Å²) in [6.07, 6.45) is 1.79. The molecule has 2 rings (SSSR count). The second-order valence-corrected chi connectivity index (χ2v) is 3.98.